The number of aromatic nitrogens is 4. The van der Waals surface area contributed by atoms with Gasteiger partial charge in [-0.1, -0.05) is 0 Å². The van der Waals surface area contributed by atoms with E-state index in [4.69, 9.17) is 0 Å². The van der Waals surface area contributed by atoms with E-state index in [0.29, 0.717) is 32.0 Å². The molecule has 2 aliphatic heterocycles. The first-order valence-electron chi connectivity index (χ1n) is 9.37. The normalized spacial score (nSPS) is 16.6. The SMILES string of the molecule is Cc1cc(N2CCNCC2)nc(C)n1.Fc1cc(N2CC[N-]CC2)nc(F)n1.[Ac]. The Bertz CT molecular complexity index is 676. The second-order valence-corrected chi connectivity index (χ2v) is 6.63. The third-order valence-electron chi connectivity index (χ3n) is 4.43. The molecule has 4 rings (SSSR count). The molecule has 2 aromatic rings. The van der Waals surface area contributed by atoms with Crippen molar-refractivity contribution < 1.29 is 52.8 Å². The van der Waals surface area contributed by atoms with Gasteiger partial charge in [0.2, 0.25) is 5.95 Å². The van der Waals surface area contributed by atoms with Crippen LogP contribution in [0, 0.1) is 69.9 Å². The number of halogens is 2. The number of anilines is 2. The molecular formula is C18H25AcF2N8-. The zero-order valence-corrected chi connectivity index (χ0v) is 21.5. The van der Waals surface area contributed by atoms with Gasteiger partial charge in [0.05, 0.1) is 0 Å². The first kappa shape index (κ1) is 24.3. The number of aryl methyl sites for hydroxylation is 2. The summed E-state index contributed by atoms with van der Waals surface area (Å²) in [5, 5.41) is 7.45. The quantitative estimate of drug-likeness (QED) is 0.403. The van der Waals surface area contributed by atoms with Gasteiger partial charge in [-0.25, -0.2) is 9.97 Å². The first-order chi connectivity index (χ1) is 13.5. The van der Waals surface area contributed by atoms with Crippen molar-refractivity contribution in [1.29, 1.82) is 0 Å². The molecule has 29 heavy (non-hydrogen) atoms. The number of piperazine rings is 2. The Balaban J connectivity index is 0.000000200. The first-order valence-corrected chi connectivity index (χ1v) is 9.37. The van der Waals surface area contributed by atoms with Crippen LogP contribution in [-0.4, -0.2) is 72.3 Å². The van der Waals surface area contributed by atoms with Crippen LogP contribution in [0.5, 0.6) is 0 Å². The van der Waals surface area contributed by atoms with E-state index in [1.807, 2.05) is 13.8 Å². The molecule has 0 spiro atoms. The smallest absolute Gasteiger partial charge is 0.313 e. The number of nitrogens with one attached hydrogen (secondary N) is 1. The summed E-state index contributed by atoms with van der Waals surface area (Å²) in [6.07, 6.45) is -1.03. The molecule has 8 nitrogen and oxygen atoms in total. The van der Waals surface area contributed by atoms with Gasteiger partial charge in [-0.05, 0) is 13.8 Å². The standard InChI is InChI=1S/C10H16N4.C8H9F2N4.Ac/c1-8-7-10(13-9(2)12-8)14-5-3-11-4-6-14;9-6-5-7(13-8(10)12-6)14-3-1-11-2-4-14;/h7,11H,3-6H2,1-2H3;5H,1-4H2;/q;-1;. The fraction of sp³-hybridized carbons (Fsp3) is 0.556. The molecule has 1 N–H and O–H groups in total. The third-order valence-corrected chi connectivity index (χ3v) is 4.43. The third kappa shape index (κ3) is 7.63. The van der Waals surface area contributed by atoms with Gasteiger partial charge in [-0.3, -0.25) is 0 Å². The van der Waals surface area contributed by atoms with Crippen LogP contribution in [0.3, 0.4) is 0 Å². The summed E-state index contributed by atoms with van der Waals surface area (Å²) in [4.78, 5) is 19.3. The van der Waals surface area contributed by atoms with Crippen LogP contribution in [0.25, 0.3) is 5.32 Å². The van der Waals surface area contributed by atoms with Gasteiger partial charge in [-0.2, -0.15) is 18.7 Å². The van der Waals surface area contributed by atoms with Crippen LogP contribution < -0.4 is 15.1 Å². The molecule has 0 aliphatic carbocycles. The number of nitrogens with zero attached hydrogens (tertiary/aromatic N) is 7. The molecule has 2 fully saturated rings. The fourth-order valence-electron chi connectivity index (χ4n) is 3.13. The van der Waals surface area contributed by atoms with Gasteiger partial charge in [0.15, 0.2) is 0 Å². The van der Waals surface area contributed by atoms with Crippen LogP contribution in [-0.2, 0) is 0 Å². The molecule has 0 saturated carbocycles. The van der Waals surface area contributed by atoms with Crippen LogP contribution in [0.4, 0.5) is 20.4 Å². The molecule has 0 bridgehead atoms. The maximum Gasteiger partial charge on any atom is 0.313 e. The van der Waals surface area contributed by atoms with Crippen molar-refractivity contribution in [2.45, 2.75) is 13.8 Å². The van der Waals surface area contributed by atoms with E-state index in [0.717, 1.165) is 49.6 Å². The second kappa shape index (κ2) is 12.0. The van der Waals surface area contributed by atoms with E-state index in [2.05, 4.69) is 41.5 Å². The van der Waals surface area contributed by atoms with Crippen molar-refractivity contribution in [1.82, 2.24) is 25.3 Å². The summed E-state index contributed by atoms with van der Waals surface area (Å²) in [5.41, 5.74) is 1.05. The van der Waals surface area contributed by atoms with E-state index in [9.17, 15) is 8.78 Å². The molecule has 4 heterocycles. The van der Waals surface area contributed by atoms with Crippen molar-refractivity contribution in [3.8, 4) is 0 Å². The molecule has 155 valence electrons. The summed E-state index contributed by atoms with van der Waals surface area (Å²) in [6.45, 7) is 10.8. The van der Waals surface area contributed by atoms with E-state index in [1.54, 1.807) is 4.90 Å². The Labute approximate surface area is 205 Å². The summed E-state index contributed by atoms with van der Waals surface area (Å²) in [7, 11) is 0. The van der Waals surface area contributed by atoms with Gasteiger partial charge < -0.3 is 20.4 Å². The summed E-state index contributed by atoms with van der Waals surface area (Å²) >= 11 is 0. The summed E-state index contributed by atoms with van der Waals surface area (Å²) in [6, 6.07) is 3.19. The van der Waals surface area contributed by atoms with Gasteiger partial charge in [0, 0.05) is 101 Å². The minimum absolute atomic E-state index is 0. The minimum atomic E-state index is -1.03. The van der Waals surface area contributed by atoms with Gasteiger partial charge >= 0.3 is 6.08 Å². The minimum Gasteiger partial charge on any atom is -0.659 e. The average molecular weight is 618 g/mol. The van der Waals surface area contributed by atoms with Crippen molar-refractivity contribution >= 4 is 11.6 Å². The van der Waals surface area contributed by atoms with Crippen LogP contribution in [0.2, 0.25) is 0 Å². The Morgan fingerprint density at radius 2 is 1.48 bits per heavy atom. The molecule has 11 heteroatoms. The van der Waals surface area contributed by atoms with E-state index >= 15 is 0 Å². The number of hydrogen-bond acceptors (Lipinski definition) is 7. The summed E-state index contributed by atoms with van der Waals surface area (Å²) < 4.78 is 25.4. The molecule has 0 unspecified atom stereocenters. The van der Waals surface area contributed by atoms with Crippen LogP contribution in [0.1, 0.15) is 11.5 Å². The number of hydrogen-bond donors (Lipinski definition) is 1. The second-order valence-electron chi connectivity index (χ2n) is 6.63. The van der Waals surface area contributed by atoms with Crippen LogP contribution in [0.15, 0.2) is 12.1 Å². The van der Waals surface area contributed by atoms with Gasteiger partial charge in [0.1, 0.15) is 17.5 Å². The molecular weight excluding hydrogens is 593 g/mol. The zero-order valence-electron chi connectivity index (χ0n) is 16.8. The maximum absolute atomic E-state index is 12.7. The molecule has 2 aliphatic rings. The molecule has 1 radical (unpaired) electrons. The molecule has 0 aromatic carbocycles. The van der Waals surface area contributed by atoms with Crippen molar-refractivity contribution in [2.24, 2.45) is 0 Å². The van der Waals surface area contributed by atoms with Crippen LogP contribution >= 0.6 is 0 Å². The van der Waals surface area contributed by atoms with E-state index in [-0.39, 0.29) is 44.1 Å². The maximum atomic E-state index is 12.7. The zero-order chi connectivity index (χ0) is 19.9. The summed E-state index contributed by atoms with van der Waals surface area (Å²) in [5.74, 6) is 1.38. The van der Waals surface area contributed by atoms with Crippen molar-refractivity contribution in [2.75, 3.05) is 62.2 Å². The monoisotopic (exact) mass is 618 g/mol. The fourth-order valence-corrected chi connectivity index (χ4v) is 3.13. The van der Waals surface area contributed by atoms with Crippen molar-refractivity contribution in [3.05, 3.63) is 41.0 Å². The topological polar surface area (TPSA) is 84.2 Å². The average Bonchev–Trinajstić information content (AvgIpc) is 2.68. The van der Waals surface area contributed by atoms with E-state index < -0.39 is 12.0 Å². The predicted molar refractivity (Wildman–Crippen MR) is 104 cm³/mol. The molecule has 0 amide bonds. The van der Waals surface area contributed by atoms with E-state index in [1.165, 1.54) is 0 Å². The molecule has 2 saturated heterocycles. The largest absolute Gasteiger partial charge is 0.659 e. The Morgan fingerprint density at radius 1 is 0.862 bits per heavy atom. The Hall–Kier alpha value is -1.02. The Morgan fingerprint density at radius 3 is 2.10 bits per heavy atom. The molecule has 0 atom stereocenters. The van der Waals surface area contributed by atoms with Gasteiger partial charge in [0.25, 0.3) is 0 Å². The van der Waals surface area contributed by atoms with Crippen molar-refractivity contribution in [3.63, 3.8) is 0 Å². The number of rotatable bonds is 2. The Kier molecular flexibility index (Phi) is 10.0. The molecule has 2 aromatic heterocycles. The predicted octanol–water partition coefficient (Wildman–Crippen LogP) is 1.45. The van der Waals surface area contributed by atoms with Gasteiger partial charge in [-0.15, -0.1) is 13.1 Å².